The van der Waals surface area contributed by atoms with Crippen LogP contribution < -0.4 is 5.32 Å². The number of anilines is 1. The third-order valence-corrected chi connectivity index (χ3v) is 4.14. The Labute approximate surface area is 120 Å². The molecule has 2 aromatic heterocycles. The number of rotatable bonds is 4. The Balaban J connectivity index is 1.67. The second-order valence-corrected chi connectivity index (χ2v) is 6.07. The quantitative estimate of drug-likeness (QED) is 0.927. The molecule has 1 saturated heterocycles. The zero-order valence-corrected chi connectivity index (χ0v) is 12.5. The van der Waals surface area contributed by atoms with E-state index in [2.05, 4.69) is 47.1 Å². The number of nitrogens with zero attached hydrogens (tertiary/aromatic N) is 4. The largest absolute Gasteiger partial charge is 0.370 e. The maximum atomic E-state index is 4.28. The lowest BCUT2D eigenvalue weighted by molar-refractivity contribution is 0.266. The summed E-state index contributed by atoms with van der Waals surface area (Å²) in [4.78, 5) is 6.81. The topological polar surface area (TPSA) is 45.5 Å². The van der Waals surface area contributed by atoms with Gasteiger partial charge in [0.2, 0.25) is 0 Å². The summed E-state index contributed by atoms with van der Waals surface area (Å²) in [5.41, 5.74) is 2.12. The average Bonchev–Trinajstić information content (AvgIpc) is 3.04. The first kappa shape index (κ1) is 13.4. The number of pyridine rings is 1. The van der Waals surface area contributed by atoms with Crippen LogP contribution in [0.1, 0.15) is 25.8 Å². The van der Waals surface area contributed by atoms with Gasteiger partial charge in [0.15, 0.2) is 5.65 Å². The van der Waals surface area contributed by atoms with E-state index in [0.29, 0.717) is 6.04 Å². The van der Waals surface area contributed by atoms with Gasteiger partial charge < -0.3 is 10.2 Å². The number of hydrogen-bond acceptors (Lipinski definition) is 4. The van der Waals surface area contributed by atoms with Crippen molar-refractivity contribution >= 4 is 11.5 Å². The molecule has 0 aromatic carbocycles. The summed E-state index contributed by atoms with van der Waals surface area (Å²) in [6, 6.07) is 4.84. The van der Waals surface area contributed by atoms with Gasteiger partial charge in [0.05, 0.1) is 0 Å². The van der Waals surface area contributed by atoms with Gasteiger partial charge in [-0.3, -0.25) is 0 Å². The number of likely N-dealkylation sites (tertiary alicyclic amines) is 1. The van der Waals surface area contributed by atoms with E-state index in [1.54, 1.807) is 6.33 Å². The molecule has 5 heteroatoms. The minimum absolute atomic E-state index is 0.654. The van der Waals surface area contributed by atoms with Crippen molar-refractivity contribution in [3.05, 3.63) is 24.0 Å². The fraction of sp³-hybridized carbons (Fsp3) is 0.600. The highest BCUT2D eigenvalue weighted by atomic mass is 15.3. The molecule has 20 heavy (non-hydrogen) atoms. The second kappa shape index (κ2) is 5.40. The smallest absolute Gasteiger partial charge is 0.157 e. The van der Waals surface area contributed by atoms with E-state index in [9.17, 15) is 0 Å². The van der Waals surface area contributed by atoms with Crippen molar-refractivity contribution in [1.82, 2.24) is 19.5 Å². The molecule has 0 aliphatic carbocycles. The third kappa shape index (κ3) is 2.63. The van der Waals surface area contributed by atoms with Crippen LogP contribution in [0.5, 0.6) is 0 Å². The molecule has 1 atom stereocenters. The first-order chi connectivity index (χ1) is 9.63. The summed E-state index contributed by atoms with van der Waals surface area (Å²) < 4.78 is 1.88. The Hall–Kier alpha value is -1.62. The van der Waals surface area contributed by atoms with Gasteiger partial charge in [-0.25, -0.2) is 4.98 Å². The second-order valence-electron chi connectivity index (χ2n) is 6.07. The summed E-state index contributed by atoms with van der Waals surface area (Å²) in [5, 5.41) is 7.83. The minimum atomic E-state index is 0.654. The van der Waals surface area contributed by atoms with Crippen LogP contribution in [-0.4, -0.2) is 45.2 Å². The first-order valence-electron chi connectivity index (χ1n) is 7.42. The van der Waals surface area contributed by atoms with Crippen molar-refractivity contribution < 1.29 is 0 Å². The zero-order chi connectivity index (χ0) is 14.1. The lowest BCUT2D eigenvalue weighted by atomic mass is 10.1. The SMILES string of the molecule is Cc1cc(NCC2CCN(C(C)C)C2)n2ncnc2c1. The Kier molecular flexibility index (Phi) is 3.61. The van der Waals surface area contributed by atoms with Crippen LogP contribution in [0.4, 0.5) is 5.82 Å². The molecule has 5 nitrogen and oxygen atoms in total. The van der Waals surface area contributed by atoms with Crippen LogP contribution in [0, 0.1) is 12.8 Å². The predicted molar refractivity (Wildman–Crippen MR) is 81.0 cm³/mol. The van der Waals surface area contributed by atoms with Gasteiger partial charge in [0.1, 0.15) is 12.1 Å². The van der Waals surface area contributed by atoms with Gasteiger partial charge in [-0.2, -0.15) is 9.61 Å². The molecule has 0 spiro atoms. The Morgan fingerprint density at radius 1 is 1.40 bits per heavy atom. The van der Waals surface area contributed by atoms with Crippen molar-refractivity contribution in [3.63, 3.8) is 0 Å². The highest BCUT2D eigenvalue weighted by molar-refractivity contribution is 5.51. The molecule has 1 unspecified atom stereocenters. The first-order valence-corrected chi connectivity index (χ1v) is 7.42. The Bertz CT molecular complexity index is 589. The number of aromatic nitrogens is 3. The van der Waals surface area contributed by atoms with Gasteiger partial charge in [0.25, 0.3) is 0 Å². The Morgan fingerprint density at radius 2 is 2.25 bits per heavy atom. The van der Waals surface area contributed by atoms with E-state index in [-0.39, 0.29) is 0 Å². The van der Waals surface area contributed by atoms with Gasteiger partial charge in [-0.1, -0.05) is 0 Å². The third-order valence-electron chi connectivity index (χ3n) is 4.14. The molecule has 1 N–H and O–H groups in total. The molecule has 1 aliphatic heterocycles. The molecule has 0 amide bonds. The summed E-state index contributed by atoms with van der Waals surface area (Å²) in [7, 11) is 0. The minimum Gasteiger partial charge on any atom is -0.370 e. The van der Waals surface area contributed by atoms with Crippen LogP contribution in [0.15, 0.2) is 18.5 Å². The van der Waals surface area contributed by atoms with E-state index in [1.165, 1.54) is 25.1 Å². The van der Waals surface area contributed by atoms with Crippen LogP contribution in [0.2, 0.25) is 0 Å². The monoisotopic (exact) mass is 273 g/mol. The molecule has 0 saturated carbocycles. The molecule has 1 aliphatic rings. The van der Waals surface area contributed by atoms with Crippen molar-refractivity contribution in [2.75, 3.05) is 25.0 Å². The summed E-state index contributed by atoms with van der Waals surface area (Å²) in [5.74, 6) is 1.76. The van der Waals surface area contributed by atoms with Crippen molar-refractivity contribution in [1.29, 1.82) is 0 Å². The van der Waals surface area contributed by atoms with E-state index >= 15 is 0 Å². The Morgan fingerprint density at radius 3 is 3.00 bits per heavy atom. The molecule has 1 fully saturated rings. The van der Waals surface area contributed by atoms with E-state index in [4.69, 9.17) is 0 Å². The summed E-state index contributed by atoms with van der Waals surface area (Å²) in [6.07, 6.45) is 2.88. The van der Waals surface area contributed by atoms with Gasteiger partial charge in [-0.05, 0) is 57.4 Å². The highest BCUT2D eigenvalue weighted by Gasteiger charge is 2.24. The van der Waals surface area contributed by atoms with E-state index in [1.807, 2.05) is 10.6 Å². The van der Waals surface area contributed by atoms with Crippen molar-refractivity contribution in [3.8, 4) is 0 Å². The van der Waals surface area contributed by atoms with Crippen LogP contribution in [0.25, 0.3) is 5.65 Å². The van der Waals surface area contributed by atoms with Gasteiger partial charge in [0, 0.05) is 19.1 Å². The fourth-order valence-electron chi connectivity index (χ4n) is 2.93. The maximum Gasteiger partial charge on any atom is 0.157 e. The summed E-state index contributed by atoms with van der Waals surface area (Å²) >= 11 is 0. The standard InChI is InChI=1S/C15H23N5/c1-11(2)19-5-4-13(9-19)8-16-14-6-12(3)7-15-17-10-18-20(14)15/h6-7,10-11,13,16H,4-5,8-9H2,1-3H3. The predicted octanol–water partition coefficient (Wildman–Crippen LogP) is 2.18. The maximum absolute atomic E-state index is 4.28. The normalized spacial score (nSPS) is 20.1. The van der Waals surface area contributed by atoms with Crippen molar-refractivity contribution in [2.45, 2.75) is 33.2 Å². The zero-order valence-electron chi connectivity index (χ0n) is 12.5. The lowest BCUT2D eigenvalue weighted by Crippen LogP contribution is -2.29. The molecule has 2 aromatic rings. The number of aryl methyl sites for hydroxylation is 1. The molecule has 3 rings (SSSR count). The van der Waals surface area contributed by atoms with Crippen molar-refractivity contribution in [2.24, 2.45) is 5.92 Å². The molecule has 0 radical (unpaired) electrons. The highest BCUT2D eigenvalue weighted by Crippen LogP contribution is 2.20. The molecular formula is C15H23N5. The summed E-state index contributed by atoms with van der Waals surface area (Å²) in [6.45, 7) is 10.1. The van der Waals surface area contributed by atoms with Crippen LogP contribution >= 0.6 is 0 Å². The molecular weight excluding hydrogens is 250 g/mol. The molecule has 0 bridgehead atoms. The number of fused-ring (bicyclic) bond motifs is 1. The fourth-order valence-corrected chi connectivity index (χ4v) is 2.93. The van der Waals surface area contributed by atoms with Crippen LogP contribution in [-0.2, 0) is 0 Å². The number of nitrogens with one attached hydrogen (secondary N) is 1. The van der Waals surface area contributed by atoms with E-state index < -0.39 is 0 Å². The molecule has 3 heterocycles. The van der Waals surface area contributed by atoms with Gasteiger partial charge >= 0.3 is 0 Å². The van der Waals surface area contributed by atoms with Gasteiger partial charge in [-0.15, -0.1) is 0 Å². The average molecular weight is 273 g/mol. The molecule has 108 valence electrons. The van der Waals surface area contributed by atoms with E-state index in [0.717, 1.165) is 23.9 Å². The lowest BCUT2D eigenvalue weighted by Gasteiger charge is -2.20. The number of hydrogen-bond donors (Lipinski definition) is 1. The van der Waals surface area contributed by atoms with Crippen LogP contribution in [0.3, 0.4) is 0 Å².